The molecule has 25 heavy (non-hydrogen) atoms. The average Bonchev–Trinajstić information content (AvgIpc) is 3.12. The number of anilines is 2. The number of hydrogen-bond acceptors (Lipinski definition) is 4. The van der Waals surface area contributed by atoms with Gasteiger partial charge in [0.25, 0.3) is 0 Å². The molecule has 1 aromatic heterocycles. The summed E-state index contributed by atoms with van der Waals surface area (Å²) in [5.41, 5.74) is 1.48. The van der Waals surface area contributed by atoms with E-state index in [4.69, 9.17) is 4.74 Å². The summed E-state index contributed by atoms with van der Waals surface area (Å²) < 4.78 is 6.78. The maximum absolute atomic E-state index is 11.5. The van der Waals surface area contributed by atoms with E-state index >= 15 is 0 Å². The van der Waals surface area contributed by atoms with Gasteiger partial charge in [-0.15, -0.1) is 0 Å². The Kier molecular flexibility index (Phi) is 6.17. The third-order valence-corrected chi connectivity index (χ3v) is 3.36. The lowest BCUT2D eigenvalue weighted by Crippen LogP contribution is -2.07. The van der Waals surface area contributed by atoms with Crippen LogP contribution in [-0.4, -0.2) is 28.0 Å². The van der Waals surface area contributed by atoms with Gasteiger partial charge < -0.3 is 15.2 Å². The van der Waals surface area contributed by atoms with E-state index in [0.29, 0.717) is 17.3 Å². The fourth-order valence-electron chi connectivity index (χ4n) is 2.25. The van der Waals surface area contributed by atoms with E-state index in [1.807, 2.05) is 44.2 Å². The van der Waals surface area contributed by atoms with E-state index in [0.717, 1.165) is 5.69 Å². The van der Waals surface area contributed by atoms with Crippen molar-refractivity contribution in [2.45, 2.75) is 13.8 Å². The quantitative estimate of drug-likeness (QED) is 0.723. The van der Waals surface area contributed by atoms with E-state index in [1.165, 1.54) is 13.2 Å². The second-order valence-electron chi connectivity index (χ2n) is 4.81. The van der Waals surface area contributed by atoms with E-state index in [2.05, 4.69) is 10.4 Å². The Morgan fingerprint density at radius 2 is 1.84 bits per heavy atom. The predicted molar refractivity (Wildman–Crippen MR) is 98.1 cm³/mol. The molecule has 130 valence electrons. The highest BCUT2D eigenvalue weighted by atomic mass is 16.5. The summed E-state index contributed by atoms with van der Waals surface area (Å²) in [6.07, 6.45) is 1.65. The fraction of sp³-hybridized carbons (Fsp3) is 0.158. The van der Waals surface area contributed by atoms with Gasteiger partial charge in [-0.1, -0.05) is 32.0 Å². The highest BCUT2D eigenvalue weighted by molar-refractivity contribution is 5.95. The molecule has 0 radical (unpaired) electrons. The fourth-order valence-corrected chi connectivity index (χ4v) is 2.25. The van der Waals surface area contributed by atoms with Crippen LogP contribution in [0.5, 0.6) is 5.75 Å². The van der Waals surface area contributed by atoms with Gasteiger partial charge in [-0.3, -0.25) is 0 Å². The van der Waals surface area contributed by atoms with Crippen molar-refractivity contribution in [3.05, 3.63) is 66.4 Å². The first kappa shape index (κ1) is 18.1. The molecule has 2 aromatic carbocycles. The predicted octanol–water partition coefficient (Wildman–Crippen LogP) is 4.35. The topological polar surface area (TPSA) is 76.4 Å². The monoisotopic (exact) mass is 339 g/mol. The highest BCUT2D eigenvalue weighted by Gasteiger charge is 2.13. The number of nitrogens with one attached hydrogen (secondary N) is 1. The van der Waals surface area contributed by atoms with Crippen molar-refractivity contribution in [3.63, 3.8) is 0 Å². The Morgan fingerprint density at radius 1 is 1.12 bits per heavy atom. The van der Waals surface area contributed by atoms with Gasteiger partial charge in [0.2, 0.25) is 0 Å². The number of carboxylic acid groups (broad SMARTS) is 1. The number of benzene rings is 2. The van der Waals surface area contributed by atoms with Gasteiger partial charge in [0, 0.05) is 6.07 Å². The molecular formula is C19H21N3O3. The molecule has 0 aliphatic rings. The minimum Gasteiger partial charge on any atom is -0.497 e. The smallest absolute Gasteiger partial charge is 0.337 e. The maximum atomic E-state index is 11.5. The summed E-state index contributed by atoms with van der Waals surface area (Å²) in [6.45, 7) is 4.00. The summed E-state index contributed by atoms with van der Waals surface area (Å²) >= 11 is 0. The van der Waals surface area contributed by atoms with Crippen molar-refractivity contribution in [2.75, 3.05) is 12.4 Å². The van der Waals surface area contributed by atoms with Crippen LogP contribution >= 0.6 is 0 Å². The van der Waals surface area contributed by atoms with Crippen molar-refractivity contribution < 1.29 is 14.6 Å². The molecule has 0 atom stereocenters. The molecule has 0 aliphatic heterocycles. The second-order valence-corrected chi connectivity index (χ2v) is 4.81. The standard InChI is InChI=1S/C17H15N3O3.C2H6/c1-23-13-7-8-15(14(11-13)17(21)22)19-16-9-10-18-20(16)12-5-3-2-4-6-12;1-2/h2-11,19H,1H3,(H,21,22);1-2H3. The number of aromatic carboxylic acids is 1. The van der Waals surface area contributed by atoms with Crippen LogP contribution in [0.2, 0.25) is 0 Å². The van der Waals surface area contributed by atoms with Gasteiger partial charge in [-0.25, -0.2) is 9.48 Å². The largest absolute Gasteiger partial charge is 0.497 e. The molecule has 0 amide bonds. The number of rotatable bonds is 5. The minimum absolute atomic E-state index is 0.130. The SMILES string of the molecule is CC.COc1ccc(Nc2ccnn2-c2ccccc2)c(C(=O)O)c1. The number of ether oxygens (including phenoxy) is 1. The molecule has 1 heterocycles. The first-order chi connectivity index (χ1) is 12.2. The summed E-state index contributed by atoms with van der Waals surface area (Å²) in [5, 5.41) is 16.8. The lowest BCUT2D eigenvalue weighted by Gasteiger charge is -2.12. The third-order valence-electron chi connectivity index (χ3n) is 3.36. The average molecular weight is 339 g/mol. The lowest BCUT2D eigenvalue weighted by atomic mass is 10.1. The van der Waals surface area contributed by atoms with Crippen LogP contribution in [0.15, 0.2) is 60.8 Å². The van der Waals surface area contributed by atoms with E-state index in [1.54, 1.807) is 29.1 Å². The molecule has 0 spiro atoms. The van der Waals surface area contributed by atoms with Crippen molar-refractivity contribution in [1.29, 1.82) is 0 Å². The first-order valence-electron chi connectivity index (χ1n) is 7.97. The van der Waals surface area contributed by atoms with Gasteiger partial charge in [-0.2, -0.15) is 5.10 Å². The molecule has 2 N–H and O–H groups in total. The second kappa shape index (κ2) is 8.54. The molecule has 0 saturated carbocycles. The molecule has 6 heteroatoms. The Hall–Kier alpha value is -3.28. The van der Waals surface area contributed by atoms with E-state index in [9.17, 15) is 9.90 Å². The highest BCUT2D eigenvalue weighted by Crippen LogP contribution is 2.26. The summed E-state index contributed by atoms with van der Waals surface area (Å²) in [7, 11) is 1.50. The zero-order valence-electron chi connectivity index (χ0n) is 14.4. The van der Waals surface area contributed by atoms with Gasteiger partial charge in [0.15, 0.2) is 0 Å². The summed E-state index contributed by atoms with van der Waals surface area (Å²) in [5.74, 6) is 0.130. The maximum Gasteiger partial charge on any atom is 0.337 e. The number of carbonyl (C=O) groups is 1. The molecule has 0 bridgehead atoms. The molecule has 3 rings (SSSR count). The molecule has 0 saturated heterocycles. The molecule has 0 fully saturated rings. The number of carboxylic acids is 1. The van der Waals surface area contributed by atoms with Crippen LogP contribution in [0.1, 0.15) is 24.2 Å². The van der Waals surface area contributed by atoms with E-state index < -0.39 is 5.97 Å². The van der Waals surface area contributed by atoms with E-state index in [-0.39, 0.29) is 5.56 Å². The van der Waals surface area contributed by atoms with Gasteiger partial charge in [0.1, 0.15) is 11.6 Å². The molecule has 3 aromatic rings. The van der Waals surface area contributed by atoms with Crippen molar-refractivity contribution in [2.24, 2.45) is 0 Å². The van der Waals surface area contributed by atoms with Crippen LogP contribution in [0.3, 0.4) is 0 Å². The zero-order chi connectivity index (χ0) is 18.2. The van der Waals surface area contributed by atoms with Crippen LogP contribution in [-0.2, 0) is 0 Å². The number of aromatic nitrogens is 2. The Morgan fingerprint density at radius 3 is 2.48 bits per heavy atom. The summed E-state index contributed by atoms with van der Waals surface area (Å²) in [4.78, 5) is 11.5. The van der Waals surface area contributed by atoms with Gasteiger partial charge in [0.05, 0.1) is 30.2 Å². The van der Waals surface area contributed by atoms with Crippen molar-refractivity contribution >= 4 is 17.5 Å². The normalized spacial score (nSPS) is 9.72. The molecule has 6 nitrogen and oxygen atoms in total. The Bertz CT molecular complexity index is 829. The number of methoxy groups -OCH3 is 1. The zero-order valence-corrected chi connectivity index (χ0v) is 14.4. The lowest BCUT2D eigenvalue weighted by molar-refractivity contribution is 0.0697. The van der Waals surface area contributed by atoms with Crippen molar-refractivity contribution in [1.82, 2.24) is 9.78 Å². The Balaban J connectivity index is 0.00000109. The number of para-hydroxylation sites is 1. The van der Waals surface area contributed by atoms with Crippen LogP contribution in [0.4, 0.5) is 11.5 Å². The number of hydrogen-bond donors (Lipinski definition) is 2. The third kappa shape index (κ3) is 4.17. The molecule has 0 unspecified atom stereocenters. The summed E-state index contributed by atoms with van der Waals surface area (Å²) in [6, 6.07) is 16.2. The van der Waals surface area contributed by atoms with Crippen LogP contribution in [0, 0.1) is 0 Å². The van der Waals surface area contributed by atoms with Crippen molar-refractivity contribution in [3.8, 4) is 11.4 Å². The van der Waals surface area contributed by atoms with Crippen LogP contribution < -0.4 is 10.1 Å². The molecular weight excluding hydrogens is 318 g/mol. The molecule has 0 aliphatic carbocycles. The first-order valence-corrected chi connectivity index (χ1v) is 7.97. The van der Waals surface area contributed by atoms with Gasteiger partial charge in [-0.05, 0) is 30.3 Å². The number of nitrogens with zero attached hydrogens (tertiary/aromatic N) is 2. The van der Waals surface area contributed by atoms with Gasteiger partial charge >= 0.3 is 5.97 Å². The Labute approximate surface area is 146 Å². The minimum atomic E-state index is -1.03. The van der Waals surface area contributed by atoms with Crippen LogP contribution in [0.25, 0.3) is 5.69 Å².